The summed E-state index contributed by atoms with van der Waals surface area (Å²) in [5.41, 5.74) is 3.58. The predicted molar refractivity (Wildman–Crippen MR) is 91.0 cm³/mol. The van der Waals surface area contributed by atoms with Gasteiger partial charge >= 0.3 is 0 Å². The number of nitrogens with zero attached hydrogens (tertiary/aromatic N) is 4. The number of fused-ring (bicyclic) bond motifs is 2. The van der Waals surface area contributed by atoms with Gasteiger partial charge < -0.3 is 14.4 Å². The Morgan fingerprint density at radius 2 is 2.20 bits per heavy atom. The normalized spacial score (nSPS) is 15.4. The summed E-state index contributed by atoms with van der Waals surface area (Å²) in [6.45, 7) is 5.40. The number of aromatic nitrogens is 3. The summed E-state index contributed by atoms with van der Waals surface area (Å²) in [6, 6.07) is 7.22. The molecule has 0 saturated heterocycles. The van der Waals surface area contributed by atoms with Crippen LogP contribution in [0.3, 0.4) is 0 Å². The molecule has 130 valence electrons. The van der Waals surface area contributed by atoms with Gasteiger partial charge in [-0.2, -0.15) is 5.10 Å². The largest absolute Gasteiger partial charge is 0.441 e. The zero-order chi connectivity index (χ0) is 17.6. The molecule has 25 heavy (non-hydrogen) atoms. The number of aryl methyl sites for hydroxylation is 1. The molecule has 7 heteroatoms. The van der Waals surface area contributed by atoms with Crippen molar-refractivity contribution in [3.05, 3.63) is 47.1 Å². The molecule has 3 aromatic rings. The average molecular weight is 340 g/mol. The molecule has 1 N–H and O–H groups in total. The van der Waals surface area contributed by atoms with E-state index in [2.05, 4.69) is 10.1 Å². The molecule has 3 heterocycles. The number of carbonyl (C=O) groups excluding carboxylic acids is 1. The van der Waals surface area contributed by atoms with Crippen molar-refractivity contribution in [1.82, 2.24) is 19.7 Å². The van der Waals surface area contributed by atoms with Crippen LogP contribution in [0.15, 0.2) is 28.7 Å². The molecule has 0 radical (unpaired) electrons. The first-order valence-electron chi connectivity index (χ1n) is 8.46. The zero-order valence-electron chi connectivity index (χ0n) is 14.3. The fraction of sp³-hybridized carbons (Fsp3) is 0.389. The van der Waals surface area contributed by atoms with Gasteiger partial charge in [0.05, 0.1) is 30.6 Å². The van der Waals surface area contributed by atoms with Gasteiger partial charge in [0.15, 0.2) is 11.5 Å². The summed E-state index contributed by atoms with van der Waals surface area (Å²) >= 11 is 0. The van der Waals surface area contributed by atoms with Gasteiger partial charge in [0.1, 0.15) is 5.52 Å². The number of oxazole rings is 1. The lowest BCUT2D eigenvalue weighted by Gasteiger charge is -2.27. The van der Waals surface area contributed by atoms with Crippen molar-refractivity contribution in [2.24, 2.45) is 0 Å². The summed E-state index contributed by atoms with van der Waals surface area (Å²) in [4.78, 5) is 18.9. The Morgan fingerprint density at radius 1 is 1.36 bits per heavy atom. The van der Waals surface area contributed by atoms with E-state index in [-0.39, 0.29) is 5.91 Å². The zero-order valence-corrected chi connectivity index (χ0v) is 14.3. The highest BCUT2D eigenvalue weighted by Crippen LogP contribution is 2.22. The number of hydrogen-bond acceptors (Lipinski definition) is 5. The molecule has 4 rings (SSSR count). The molecule has 1 unspecified atom stereocenters. The third-order valence-corrected chi connectivity index (χ3v) is 4.57. The molecule has 1 amide bonds. The van der Waals surface area contributed by atoms with Gasteiger partial charge in [0.25, 0.3) is 5.91 Å². The molecule has 0 fully saturated rings. The molecule has 0 saturated carbocycles. The van der Waals surface area contributed by atoms with Gasteiger partial charge in [0.2, 0.25) is 0 Å². The van der Waals surface area contributed by atoms with Crippen LogP contribution < -0.4 is 0 Å². The number of amides is 1. The van der Waals surface area contributed by atoms with E-state index in [4.69, 9.17) is 4.42 Å². The maximum atomic E-state index is 12.8. The number of aliphatic hydroxyl groups excluding tert-OH is 1. The molecule has 1 atom stereocenters. The fourth-order valence-electron chi connectivity index (χ4n) is 3.19. The Bertz CT molecular complexity index is 943. The minimum absolute atomic E-state index is 0.0407. The average Bonchev–Trinajstić information content (AvgIpc) is 3.21. The highest BCUT2D eigenvalue weighted by Gasteiger charge is 2.25. The summed E-state index contributed by atoms with van der Waals surface area (Å²) in [5.74, 6) is 0.546. The van der Waals surface area contributed by atoms with Gasteiger partial charge in [0, 0.05) is 19.0 Å². The predicted octanol–water partition coefficient (Wildman–Crippen LogP) is 2.43. The van der Waals surface area contributed by atoms with E-state index in [0.29, 0.717) is 48.8 Å². The van der Waals surface area contributed by atoms with Crippen molar-refractivity contribution in [3.63, 3.8) is 0 Å². The van der Waals surface area contributed by atoms with E-state index >= 15 is 0 Å². The quantitative estimate of drug-likeness (QED) is 0.791. The Morgan fingerprint density at radius 3 is 3.00 bits per heavy atom. The summed E-state index contributed by atoms with van der Waals surface area (Å²) < 4.78 is 7.40. The van der Waals surface area contributed by atoms with Crippen molar-refractivity contribution < 1.29 is 14.3 Å². The van der Waals surface area contributed by atoms with E-state index in [1.54, 1.807) is 24.0 Å². The maximum absolute atomic E-state index is 12.8. The molecule has 7 nitrogen and oxygen atoms in total. The third kappa shape index (κ3) is 2.80. The number of benzene rings is 1. The molecular formula is C18H20N4O3. The second kappa shape index (κ2) is 6.00. The highest BCUT2D eigenvalue weighted by atomic mass is 16.3. The second-order valence-electron chi connectivity index (χ2n) is 6.35. The molecule has 0 bridgehead atoms. The second-order valence-corrected chi connectivity index (χ2v) is 6.35. The van der Waals surface area contributed by atoms with E-state index in [0.717, 1.165) is 11.2 Å². The molecule has 1 aliphatic heterocycles. The van der Waals surface area contributed by atoms with Crippen molar-refractivity contribution >= 4 is 17.0 Å². The minimum atomic E-state index is -0.556. The lowest BCUT2D eigenvalue weighted by molar-refractivity contribution is 0.0705. The Labute approximate surface area is 144 Å². The van der Waals surface area contributed by atoms with Crippen LogP contribution in [0.4, 0.5) is 0 Å². The van der Waals surface area contributed by atoms with Crippen LogP contribution in [0.5, 0.6) is 0 Å². The van der Waals surface area contributed by atoms with Gasteiger partial charge in [-0.05, 0) is 30.7 Å². The van der Waals surface area contributed by atoms with E-state index in [9.17, 15) is 9.90 Å². The van der Waals surface area contributed by atoms with E-state index < -0.39 is 6.10 Å². The van der Waals surface area contributed by atoms with E-state index in [1.807, 2.05) is 23.7 Å². The Hall–Kier alpha value is -2.67. The molecule has 0 aliphatic carbocycles. The van der Waals surface area contributed by atoms with Crippen LogP contribution in [0, 0.1) is 6.92 Å². The van der Waals surface area contributed by atoms with Crippen LogP contribution in [-0.4, -0.2) is 37.2 Å². The maximum Gasteiger partial charge on any atom is 0.254 e. The fourth-order valence-corrected chi connectivity index (χ4v) is 3.19. The van der Waals surface area contributed by atoms with Crippen molar-refractivity contribution in [2.75, 3.05) is 6.54 Å². The van der Waals surface area contributed by atoms with Crippen molar-refractivity contribution in [1.29, 1.82) is 0 Å². The van der Waals surface area contributed by atoms with Gasteiger partial charge in [-0.15, -0.1) is 0 Å². The SMILES string of the molecule is CCC(O)c1cc2n(n1)CCN(C(=O)c1ccc3nc(C)oc3c1)C2. The monoisotopic (exact) mass is 340 g/mol. The number of rotatable bonds is 3. The topological polar surface area (TPSA) is 84.4 Å². The smallest absolute Gasteiger partial charge is 0.254 e. The lowest BCUT2D eigenvalue weighted by Crippen LogP contribution is -2.38. The summed E-state index contributed by atoms with van der Waals surface area (Å²) in [6.07, 6.45) is 0.0646. The van der Waals surface area contributed by atoms with Gasteiger partial charge in [-0.1, -0.05) is 6.92 Å². The van der Waals surface area contributed by atoms with Crippen LogP contribution >= 0.6 is 0 Å². The van der Waals surface area contributed by atoms with E-state index in [1.165, 1.54) is 0 Å². The minimum Gasteiger partial charge on any atom is -0.441 e. The van der Waals surface area contributed by atoms with Crippen LogP contribution in [0.2, 0.25) is 0 Å². The van der Waals surface area contributed by atoms with Crippen LogP contribution in [0.1, 0.15) is 47.1 Å². The first kappa shape index (κ1) is 15.8. The van der Waals surface area contributed by atoms with Gasteiger partial charge in [-0.25, -0.2) is 4.98 Å². The van der Waals surface area contributed by atoms with Gasteiger partial charge in [-0.3, -0.25) is 9.48 Å². The van der Waals surface area contributed by atoms with Crippen molar-refractivity contribution in [3.8, 4) is 0 Å². The summed E-state index contributed by atoms with van der Waals surface area (Å²) in [5, 5.41) is 14.4. The van der Waals surface area contributed by atoms with Crippen LogP contribution in [-0.2, 0) is 13.1 Å². The van der Waals surface area contributed by atoms with Crippen molar-refractivity contribution in [2.45, 2.75) is 39.5 Å². The highest BCUT2D eigenvalue weighted by molar-refractivity contribution is 5.97. The first-order valence-corrected chi connectivity index (χ1v) is 8.46. The molecular weight excluding hydrogens is 320 g/mol. The first-order chi connectivity index (χ1) is 12.0. The molecule has 2 aromatic heterocycles. The molecule has 1 aromatic carbocycles. The Balaban J connectivity index is 1.57. The Kier molecular flexibility index (Phi) is 3.80. The third-order valence-electron chi connectivity index (χ3n) is 4.57. The standard InChI is InChI=1S/C18H20N4O3/c1-3-16(23)15-9-13-10-21(6-7-22(13)20-15)18(24)12-4-5-14-17(8-12)25-11(2)19-14/h4-5,8-9,16,23H,3,6-7,10H2,1-2H3. The number of carbonyl (C=O) groups is 1. The molecule has 0 spiro atoms. The van der Waals surface area contributed by atoms with Crippen LogP contribution in [0.25, 0.3) is 11.1 Å². The number of aliphatic hydroxyl groups is 1. The summed E-state index contributed by atoms with van der Waals surface area (Å²) in [7, 11) is 0. The lowest BCUT2D eigenvalue weighted by atomic mass is 10.1. The number of hydrogen-bond donors (Lipinski definition) is 1. The molecule has 1 aliphatic rings.